The fraction of sp³-hybridized carbons (Fsp3) is 0.227. The molecule has 5 rings (SSSR count). The number of pyridine rings is 1. The summed E-state index contributed by atoms with van der Waals surface area (Å²) in [5, 5.41) is 11.6. The van der Waals surface area contributed by atoms with Crippen molar-refractivity contribution < 1.29 is 9.53 Å². The molecule has 4 aromatic rings. The summed E-state index contributed by atoms with van der Waals surface area (Å²) < 4.78 is 7.21. The van der Waals surface area contributed by atoms with E-state index in [1.165, 1.54) is 6.92 Å². The summed E-state index contributed by atoms with van der Waals surface area (Å²) in [5.41, 5.74) is 5.61. The van der Waals surface area contributed by atoms with Gasteiger partial charge >= 0.3 is 0 Å². The lowest BCUT2D eigenvalue weighted by Crippen LogP contribution is -2.20. The number of hydrogen-bond acceptors (Lipinski definition) is 8. The van der Waals surface area contributed by atoms with Crippen molar-refractivity contribution in [1.29, 1.82) is 0 Å². The van der Waals surface area contributed by atoms with Crippen LogP contribution < -0.4 is 15.4 Å². The first-order valence-electron chi connectivity index (χ1n) is 9.99. The highest BCUT2D eigenvalue weighted by Gasteiger charge is 2.17. The molecule has 0 radical (unpaired) electrons. The first-order valence-corrected chi connectivity index (χ1v) is 9.99. The van der Waals surface area contributed by atoms with Crippen molar-refractivity contribution in [2.75, 3.05) is 23.8 Å². The highest BCUT2D eigenvalue weighted by atomic mass is 16.5. The number of fused-ring (bicyclic) bond motifs is 2. The molecule has 0 atom stereocenters. The Morgan fingerprint density at radius 3 is 3.03 bits per heavy atom. The number of carbonyl (C=O) groups is 1. The van der Waals surface area contributed by atoms with Gasteiger partial charge in [-0.1, -0.05) is 12.1 Å². The van der Waals surface area contributed by atoms with Crippen molar-refractivity contribution in [3.63, 3.8) is 0 Å². The summed E-state index contributed by atoms with van der Waals surface area (Å²) in [6, 6.07) is 6.08. The average Bonchev–Trinajstić information content (AvgIpc) is 3.19. The van der Waals surface area contributed by atoms with Crippen molar-refractivity contribution in [2.45, 2.75) is 20.4 Å². The van der Waals surface area contributed by atoms with E-state index < -0.39 is 0 Å². The van der Waals surface area contributed by atoms with Crippen molar-refractivity contribution in [2.24, 2.45) is 0 Å². The topological polar surface area (TPSA) is 107 Å². The van der Waals surface area contributed by atoms with Crippen LogP contribution in [0.5, 0.6) is 5.88 Å². The minimum Gasteiger partial charge on any atom is -0.474 e. The number of nitrogens with one attached hydrogen (secondary N) is 2. The molecule has 0 fully saturated rings. The number of aromatic nitrogens is 5. The summed E-state index contributed by atoms with van der Waals surface area (Å²) in [4.78, 5) is 24.8. The third kappa shape index (κ3) is 3.77. The third-order valence-corrected chi connectivity index (χ3v) is 5.11. The van der Waals surface area contributed by atoms with Crippen LogP contribution in [0.1, 0.15) is 12.5 Å². The minimum atomic E-state index is 0.0397. The molecule has 0 saturated heterocycles. The smallest absolute Gasteiger partial charge is 0.237 e. The molecule has 31 heavy (non-hydrogen) atoms. The predicted octanol–water partition coefficient (Wildman–Crippen LogP) is 3.33. The zero-order valence-corrected chi connectivity index (χ0v) is 17.2. The third-order valence-electron chi connectivity index (χ3n) is 5.11. The molecule has 3 aromatic heterocycles. The van der Waals surface area contributed by atoms with Crippen molar-refractivity contribution >= 4 is 34.0 Å². The van der Waals surface area contributed by atoms with Crippen LogP contribution in [0.4, 0.5) is 17.3 Å². The Labute approximate surface area is 178 Å². The first kappa shape index (κ1) is 19.0. The van der Waals surface area contributed by atoms with Crippen LogP contribution in [0.15, 0.2) is 43.0 Å². The highest BCUT2D eigenvalue weighted by molar-refractivity contribution is 5.86. The van der Waals surface area contributed by atoms with Gasteiger partial charge in [-0.15, -0.1) is 0 Å². The second-order valence-electron chi connectivity index (χ2n) is 7.47. The lowest BCUT2D eigenvalue weighted by molar-refractivity contribution is -0.117. The number of ketones is 1. The monoisotopic (exact) mass is 415 g/mol. The number of benzene rings is 1. The molecule has 0 amide bonds. The number of rotatable bonds is 5. The molecular formula is C22H21N7O2. The van der Waals surface area contributed by atoms with Crippen LogP contribution in [0, 0.1) is 6.92 Å². The predicted molar refractivity (Wildman–Crippen MR) is 118 cm³/mol. The molecule has 9 nitrogen and oxygen atoms in total. The summed E-state index contributed by atoms with van der Waals surface area (Å²) in [5.74, 6) is 1.15. The fourth-order valence-electron chi connectivity index (χ4n) is 3.63. The molecule has 0 bridgehead atoms. The van der Waals surface area contributed by atoms with Crippen molar-refractivity contribution in [3.05, 3.63) is 48.5 Å². The van der Waals surface area contributed by atoms with Crippen LogP contribution in [0.3, 0.4) is 0 Å². The van der Waals surface area contributed by atoms with Crippen LogP contribution in [-0.2, 0) is 11.3 Å². The van der Waals surface area contributed by atoms with Crippen molar-refractivity contribution in [3.8, 4) is 17.0 Å². The first-order chi connectivity index (χ1) is 15.1. The van der Waals surface area contributed by atoms with Gasteiger partial charge in [0.15, 0.2) is 5.78 Å². The van der Waals surface area contributed by atoms with Crippen LogP contribution >= 0.6 is 0 Å². The Hall–Kier alpha value is -4.01. The van der Waals surface area contributed by atoms with Gasteiger partial charge in [0.25, 0.3) is 0 Å². The maximum atomic E-state index is 11.3. The SMILES string of the molecule is CC(=O)Cn1cc(Nc2ncc3ccc(-c4cnc5c(c4C)NCCO5)cc3n2)cn1. The number of carbonyl (C=O) groups excluding carboxylic acids is 1. The molecule has 1 aliphatic heterocycles. The molecule has 0 spiro atoms. The van der Waals surface area contributed by atoms with Gasteiger partial charge in [-0.25, -0.2) is 15.0 Å². The second kappa shape index (κ2) is 7.67. The van der Waals surface area contributed by atoms with Crippen molar-refractivity contribution in [1.82, 2.24) is 24.7 Å². The standard InChI is InChI=1S/C22H21N7O2/c1-13(30)11-29-12-17(9-26-29)27-22-25-8-16-4-3-15(7-19(16)28-22)18-10-24-21-20(14(18)2)23-5-6-31-21/h3-4,7-10,12,23H,5-6,11H2,1-2H3,(H,25,27,28). The van der Waals surface area contributed by atoms with E-state index in [2.05, 4.69) is 37.6 Å². The van der Waals surface area contributed by atoms with E-state index in [-0.39, 0.29) is 12.3 Å². The van der Waals surface area contributed by atoms with Gasteiger partial charge < -0.3 is 15.4 Å². The van der Waals surface area contributed by atoms with Gasteiger partial charge in [0.2, 0.25) is 11.8 Å². The quantitative estimate of drug-likeness (QED) is 0.511. The molecule has 4 heterocycles. The average molecular weight is 415 g/mol. The summed E-state index contributed by atoms with van der Waals surface area (Å²) in [7, 11) is 0. The molecule has 1 aromatic carbocycles. The molecular weight excluding hydrogens is 394 g/mol. The van der Waals surface area contributed by atoms with Gasteiger partial charge in [-0.05, 0) is 31.0 Å². The summed E-state index contributed by atoms with van der Waals surface area (Å²) in [6.45, 7) is 5.21. The Morgan fingerprint density at radius 2 is 2.16 bits per heavy atom. The molecule has 1 aliphatic rings. The Bertz CT molecular complexity index is 1300. The number of nitrogens with zero attached hydrogens (tertiary/aromatic N) is 5. The second-order valence-corrected chi connectivity index (χ2v) is 7.47. The number of anilines is 3. The van der Waals surface area contributed by atoms with E-state index >= 15 is 0 Å². The normalized spacial score (nSPS) is 12.7. The zero-order valence-electron chi connectivity index (χ0n) is 17.2. The Kier molecular flexibility index (Phi) is 4.70. The van der Waals surface area contributed by atoms with Gasteiger partial charge in [0.05, 0.1) is 23.9 Å². The molecule has 9 heteroatoms. The van der Waals surface area contributed by atoms with Crippen LogP contribution in [0.25, 0.3) is 22.0 Å². The van der Waals surface area contributed by atoms with Crippen LogP contribution in [-0.4, -0.2) is 43.7 Å². The number of hydrogen-bond donors (Lipinski definition) is 2. The van der Waals surface area contributed by atoms with E-state index in [0.717, 1.165) is 45.5 Å². The van der Waals surface area contributed by atoms with Gasteiger partial charge in [0, 0.05) is 36.1 Å². The van der Waals surface area contributed by atoms with E-state index in [1.54, 1.807) is 23.3 Å². The van der Waals surface area contributed by atoms with E-state index in [4.69, 9.17) is 4.74 Å². The number of ether oxygens (including phenoxy) is 1. The lowest BCUT2D eigenvalue weighted by atomic mass is 10.00. The van der Waals surface area contributed by atoms with E-state index in [9.17, 15) is 4.79 Å². The Balaban J connectivity index is 1.46. The maximum absolute atomic E-state index is 11.3. The molecule has 0 saturated carbocycles. The van der Waals surface area contributed by atoms with Crippen LogP contribution in [0.2, 0.25) is 0 Å². The Morgan fingerprint density at radius 1 is 1.26 bits per heavy atom. The summed E-state index contributed by atoms with van der Waals surface area (Å²) in [6.07, 6.45) is 7.01. The largest absolute Gasteiger partial charge is 0.474 e. The fourth-order valence-corrected chi connectivity index (χ4v) is 3.63. The minimum absolute atomic E-state index is 0.0397. The zero-order chi connectivity index (χ0) is 21.4. The lowest BCUT2D eigenvalue weighted by Gasteiger charge is -2.21. The molecule has 2 N–H and O–H groups in total. The summed E-state index contributed by atoms with van der Waals surface area (Å²) >= 11 is 0. The van der Waals surface area contributed by atoms with E-state index in [1.807, 2.05) is 24.4 Å². The molecule has 156 valence electrons. The number of Topliss-reactive ketones (excluding diaryl/α,β-unsaturated/α-hetero) is 1. The van der Waals surface area contributed by atoms with E-state index in [0.29, 0.717) is 18.4 Å². The van der Waals surface area contributed by atoms with Gasteiger partial charge in [0.1, 0.15) is 12.3 Å². The van der Waals surface area contributed by atoms with Gasteiger partial charge in [-0.3, -0.25) is 9.48 Å². The molecule has 0 unspecified atom stereocenters. The molecule has 0 aliphatic carbocycles. The highest BCUT2D eigenvalue weighted by Crippen LogP contribution is 2.35. The van der Waals surface area contributed by atoms with Gasteiger partial charge in [-0.2, -0.15) is 5.10 Å². The maximum Gasteiger partial charge on any atom is 0.237 e.